The summed E-state index contributed by atoms with van der Waals surface area (Å²) in [5.41, 5.74) is 2.51. The van der Waals surface area contributed by atoms with Crippen molar-refractivity contribution in [2.45, 2.75) is 25.7 Å². The van der Waals surface area contributed by atoms with Crippen LogP contribution >= 0.6 is 12.4 Å². The Balaban J connectivity index is 0.00000196. The first-order valence-corrected chi connectivity index (χ1v) is 5.11. The van der Waals surface area contributed by atoms with E-state index in [0.29, 0.717) is 12.6 Å². The average Bonchev–Trinajstić information content (AvgIpc) is 2.19. The number of nitrogens with two attached hydrogens (primary N) is 1. The number of carboxylic acids is 1. The fourth-order valence-electron chi connectivity index (χ4n) is 2.05. The molecule has 0 spiro atoms. The Labute approximate surface area is 96.2 Å². The van der Waals surface area contributed by atoms with Gasteiger partial charge in [-0.15, -0.1) is 12.4 Å². The Bertz CT molecular complexity index is 192. The predicted molar refractivity (Wildman–Crippen MR) is 60.5 cm³/mol. The van der Waals surface area contributed by atoms with Crippen molar-refractivity contribution in [3.8, 4) is 0 Å². The molecule has 2 atom stereocenters. The van der Waals surface area contributed by atoms with Gasteiger partial charge in [-0.1, -0.05) is 6.42 Å². The molecule has 0 amide bonds. The van der Waals surface area contributed by atoms with E-state index in [-0.39, 0.29) is 18.3 Å². The van der Waals surface area contributed by atoms with Crippen molar-refractivity contribution in [1.29, 1.82) is 0 Å². The fourth-order valence-corrected chi connectivity index (χ4v) is 2.05. The molecule has 0 aromatic carbocycles. The molecular weight excluding hydrogens is 218 g/mol. The van der Waals surface area contributed by atoms with E-state index in [1.54, 1.807) is 0 Å². The monoisotopic (exact) mass is 237 g/mol. The zero-order chi connectivity index (χ0) is 10.4. The molecule has 6 heteroatoms. The number of nitrogens with one attached hydrogen (secondary N) is 2. The molecule has 0 saturated heterocycles. The lowest BCUT2D eigenvalue weighted by Crippen LogP contribution is -2.37. The number of rotatable bonds is 5. The van der Waals surface area contributed by atoms with Gasteiger partial charge in [0, 0.05) is 0 Å². The summed E-state index contributed by atoms with van der Waals surface area (Å²) in [5, 5.41) is 12.0. The quantitative estimate of drug-likeness (QED) is 0.239. The van der Waals surface area contributed by atoms with Gasteiger partial charge in [0.25, 0.3) is 0 Å². The van der Waals surface area contributed by atoms with Crippen molar-refractivity contribution in [3.63, 3.8) is 0 Å². The smallest absolute Gasteiger partial charge is 0.306 e. The topological polar surface area (TPSA) is 87.4 Å². The van der Waals surface area contributed by atoms with E-state index in [1.807, 2.05) is 0 Å². The Hall–Kier alpha value is -0.360. The first kappa shape index (κ1) is 14.6. The van der Waals surface area contributed by atoms with Gasteiger partial charge in [0.2, 0.25) is 0 Å². The van der Waals surface area contributed by atoms with Crippen LogP contribution in [-0.4, -0.2) is 24.3 Å². The van der Waals surface area contributed by atoms with Crippen LogP contribution in [0.4, 0.5) is 0 Å². The summed E-state index contributed by atoms with van der Waals surface area (Å²) in [6.45, 7) is 1.43. The molecule has 0 heterocycles. The average molecular weight is 238 g/mol. The summed E-state index contributed by atoms with van der Waals surface area (Å²) < 4.78 is 0. The highest BCUT2D eigenvalue weighted by molar-refractivity contribution is 5.85. The van der Waals surface area contributed by atoms with Crippen LogP contribution in [0.15, 0.2) is 0 Å². The molecule has 0 radical (unpaired) electrons. The highest BCUT2D eigenvalue weighted by atomic mass is 35.5. The van der Waals surface area contributed by atoms with E-state index in [9.17, 15) is 4.79 Å². The minimum Gasteiger partial charge on any atom is -0.481 e. The van der Waals surface area contributed by atoms with Crippen LogP contribution in [-0.2, 0) is 4.79 Å². The van der Waals surface area contributed by atoms with Gasteiger partial charge in [-0.2, -0.15) is 0 Å². The highest BCUT2D eigenvalue weighted by Crippen LogP contribution is 2.28. The number of hydrogen-bond donors (Lipinski definition) is 4. The van der Waals surface area contributed by atoms with Crippen LogP contribution in [0, 0.1) is 11.8 Å². The first-order valence-electron chi connectivity index (χ1n) is 5.11. The van der Waals surface area contributed by atoms with Crippen LogP contribution < -0.4 is 16.6 Å². The van der Waals surface area contributed by atoms with Gasteiger partial charge < -0.3 is 10.4 Å². The van der Waals surface area contributed by atoms with Gasteiger partial charge in [-0.05, 0) is 31.7 Å². The molecule has 15 heavy (non-hydrogen) atoms. The number of aliphatic carboxylic acids is 1. The van der Waals surface area contributed by atoms with E-state index in [4.69, 9.17) is 10.9 Å². The van der Waals surface area contributed by atoms with Gasteiger partial charge in [0.15, 0.2) is 0 Å². The lowest BCUT2D eigenvalue weighted by Gasteiger charge is -2.26. The van der Waals surface area contributed by atoms with Gasteiger partial charge in [-0.3, -0.25) is 10.6 Å². The fraction of sp³-hybridized carbons (Fsp3) is 0.889. The summed E-state index contributed by atoms with van der Waals surface area (Å²) in [7, 11) is 0. The molecule has 0 aromatic rings. The standard InChI is InChI=1S/C9H19N3O2.ClH/c10-12-6-11-5-7-2-1-3-8(4-7)9(13)14;/h7-8,11-12H,1-6,10H2,(H,13,14);1H/t7-,8+;/m0./s1. The first-order chi connectivity index (χ1) is 6.74. The summed E-state index contributed by atoms with van der Waals surface area (Å²) >= 11 is 0. The second kappa shape index (κ2) is 7.87. The van der Waals surface area contributed by atoms with Crippen molar-refractivity contribution in [3.05, 3.63) is 0 Å². The third-order valence-corrected chi connectivity index (χ3v) is 2.79. The maximum absolute atomic E-state index is 10.8. The molecule has 1 saturated carbocycles. The zero-order valence-electron chi connectivity index (χ0n) is 8.74. The molecule has 0 aromatic heterocycles. The predicted octanol–water partition coefficient (Wildman–Crippen LogP) is 0.310. The SMILES string of the molecule is Cl.NNCNC[C@H]1CCC[C@@H](C(=O)O)C1. The van der Waals surface area contributed by atoms with Crippen molar-refractivity contribution in [1.82, 2.24) is 10.7 Å². The van der Waals surface area contributed by atoms with E-state index in [2.05, 4.69) is 10.7 Å². The minimum atomic E-state index is -0.647. The van der Waals surface area contributed by atoms with Gasteiger partial charge in [0.05, 0.1) is 12.6 Å². The highest BCUT2D eigenvalue weighted by Gasteiger charge is 2.26. The molecule has 0 aliphatic heterocycles. The second-order valence-corrected chi connectivity index (χ2v) is 3.90. The Morgan fingerprint density at radius 3 is 2.80 bits per heavy atom. The van der Waals surface area contributed by atoms with Crippen LogP contribution in [0.25, 0.3) is 0 Å². The largest absolute Gasteiger partial charge is 0.481 e. The van der Waals surface area contributed by atoms with Crippen LogP contribution in [0.5, 0.6) is 0 Å². The number of halogens is 1. The molecule has 0 bridgehead atoms. The number of hydrazine groups is 1. The summed E-state index contributed by atoms with van der Waals surface area (Å²) in [4.78, 5) is 10.8. The van der Waals surface area contributed by atoms with Crippen LogP contribution in [0.2, 0.25) is 0 Å². The number of hydrogen-bond acceptors (Lipinski definition) is 4. The van der Waals surface area contributed by atoms with Gasteiger partial charge in [-0.25, -0.2) is 5.43 Å². The van der Waals surface area contributed by atoms with Crippen molar-refractivity contribution in [2.75, 3.05) is 13.2 Å². The summed E-state index contributed by atoms with van der Waals surface area (Å²) in [6, 6.07) is 0. The molecule has 1 aliphatic rings. The van der Waals surface area contributed by atoms with E-state index >= 15 is 0 Å². The second-order valence-electron chi connectivity index (χ2n) is 3.90. The van der Waals surface area contributed by atoms with E-state index in [1.165, 1.54) is 0 Å². The zero-order valence-corrected chi connectivity index (χ0v) is 9.55. The lowest BCUT2D eigenvalue weighted by atomic mass is 9.81. The third-order valence-electron chi connectivity index (χ3n) is 2.79. The van der Waals surface area contributed by atoms with E-state index < -0.39 is 5.97 Å². The molecule has 5 N–H and O–H groups in total. The van der Waals surface area contributed by atoms with Crippen molar-refractivity contribution in [2.24, 2.45) is 17.7 Å². The molecule has 5 nitrogen and oxygen atoms in total. The summed E-state index contributed by atoms with van der Waals surface area (Å²) in [6.07, 6.45) is 3.79. The molecular formula is C9H20ClN3O2. The Morgan fingerprint density at radius 2 is 2.20 bits per heavy atom. The van der Waals surface area contributed by atoms with Crippen LogP contribution in [0.3, 0.4) is 0 Å². The van der Waals surface area contributed by atoms with Gasteiger partial charge >= 0.3 is 5.97 Å². The normalized spacial score (nSPS) is 25.7. The van der Waals surface area contributed by atoms with E-state index in [0.717, 1.165) is 32.2 Å². The molecule has 1 rings (SSSR count). The third kappa shape index (κ3) is 5.32. The maximum Gasteiger partial charge on any atom is 0.306 e. The number of carbonyl (C=O) groups is 1. The Morgan fingerprint density at radius 1 is 1.47 bits per heavy atom. The van der Waals surface area contributed by atoms with Gasteiger partial charge in [0.1, 0.15) is 0 Å². The molecule has 0 unspecified atom stereocenters. The lowest BCUT2D eigenvalue weighted by molar-refractivity contribution is -0.143. The molecule has 1 fully saturated rings. The van der Waals surface area contributed by atoms with Crippen molar-refractivity contribution < 1.29 is 9.90 Å². The van der Waals surface area contributed by atoms with Crippen molar-refractivity contribution >= 4 is 18.4 Å². The maximum atomic E-state index is 10.8. The number of carboxylic acid groups (broad SMARTS) is 1. The Kier molecular flexibility index (Phi) is 7.68. The summed E-state index contributed by atoms with van der Waals surface area (Å²) in [5.74, 6) is 4.81. The molecule has 90 valence electrons. The van der Waals surface area contributed by atoms with Crippen LogP contribution in [0.1, 0.15) is 25.7 Å². The minimum absolute atomic E-state index is 0. The molecule has 1 aliphatic carbocycles.